The Balaban J connectivity index is 4.52. The van der Waals surface area contributed by atoms with E-state index in [0.29, 0.717) is 0 Å². The Morgan fingerprint density at radius 2 is 2.00 bits per heavy atom. The van der Waals surface area contributed by atoms with Gasteiger partial charge in [-0.3, -0.25) is 5.41 Å². The highest BCUT2D eigenvalue weighted by Gasteiger charge is 2.15. The van der Waals surface area contributed by atoms with E-state index in [2.05, 4.69) is 5.32 Å². The van der Waals surface area contributed by atoms with Gasteiger partial charge in [-0.25, -0.2) is 0 Å². The molecule has 0 aromatic carbocycles. The van der Waals surface area contributed by atoms with Crippen molar-refractivity contribution in [3.8, 4) is 0 Å². The van der Waals surface area contributed by atoms with E-state index in [1.165, 1.54) is 0 Å². The van der Waals surface area contributed by atoms with E-state index in [9.17, 15) is 4.57 Å². The van der Waals surface area contributed by atoms with E-state index in [-0.39, 0.29) is 5.45 Å². The van der Waals surface area contributed by atoms with Gasteiger partial charge in [-0.05, 0) is 25.8 Å². The first-order valence-corrected chi connectivity index (χ1v) is 5.98. The van der Waals surface area contributed by atoms with Crippen LogP contribution in [0, 0.1) is 5.41 Å². The molecule has 3 nitrogen and oxygen atoms in total. The minimum atomic E-state index is -2.37. The van der Waals surface area contributed by atoms with Gasteiger partial charge in [0.1, 0.15) is 7.14 Å². The number of nitrogens with one attached hydrogen (secondary N) is 2. The van der Waals surface area contributed by atoms with Crippen molar-refractivity contribution in [2.24, 2.45) is 0 Å². The Kier molecular flexibility index (Phi) is 3.53. The summed E-state index contributed by atoms with van der Waals surface area (Å²) in [5.41, 5.74) is 0.979. The fraction of sp³-hybridized carbons (Fsp3) is 0.571. The van der Waals surface area contributed by atoms with Crippen LogP contribution in [0.15, 0.2) is 11.8 Å². The Hall–Kier alpha value is -0.560. The maximum absolute atomic E-state index is 11.3. The number of rotatable bonds is 3. The molecule has 0 unspecified atom stereocenters. The topological polar surface area (TPSA) is 53.0 Å². The molecule has 0 aliphatic carbocycles. The van der Waals surface area contributed by atoms with E-state index in [0.717, 1.165) is 5.57 Å². The van der Waals surface area contributed by atoms with Crippen LogP contribution in [0.2, 0.25) is 0 Å². The molecule has 64 valence electrons. The van der Waals surface area contributed by atoms with Gasteiger partial charge in [0.05, 0.1) is 5.45 Å². The van der Waals surface area contributed by atoms with Gasteiger partial charge in [-0.1, -0.05) is 0 Å². The molecule has 0 aliphatic rings. The van der Waals surface area contributed by atoms with Gasteiger partial charge in [-0.15, -0.1) is 0 Å². The van der Waals surface area contributed by atoms with Crippen LogP contribution in [-0.2, 0) is 4.57 Å². The average molecular weight is 174 g/mol. The van der Waals surface area contributed by atoms with Gasteiger partial charge in [-0.2, -0.15) is 0 Å². The van der Waals surface area contributed by atoms with Crippen LogP contribution >= 0.6 is 7.14 Å². The predicted molar refractivity (Wildman–Crippen MR) is 50.0 cm³/mol. The average Bonchev–Trinajstić information content (AvgIpc) is 1.85. The summed E-state index contributed by atoms with van der Waals surface area (Å²) in [6.45, 7) is 4.98. The lowest BCUT2D eigenvalue weighted by atomic mass is 10.4. The molecule has 0 bridgehead atoms. The highest BCUT2D eigenvalue weighted by atomic mass is 31.2. The quantitative estimate of drug-likeness (QED) is 0.505. The van der Waals surface area contributed by atoms with Crippen LogP contribution in [0.25, 0.3) is 0 Å². The molecule has 0 atom stereocenters. The fourth-order valence-corrected chi connectivity index (χ4v) is 1.62. The second-order valence-electron chi connectivity index (χ2n) is 2.82. The molecule has 0 aliphatic heterocycles. The molecule has 0 radical (unpaired) electrons. The van der Waals surface area contributed by atoms with Crippen LogP contribution in [-0.4, -0.2) is 25.8 Å². The number of hydrogen-bond donors (Lipinski definition) is 2. The van der Waals surface area contributed by atoms with Gasteiger partial charge in [0.2, 0.25) is 0 Å². The van der Waals surface area contributed by atoms with E-state index in [4.69, 9.17) is 5.41 Å². The standard InChI is InChI=1S/C7H15N2OP/c1-6(5-9-2)7(8)11(3,4)10/h5,8-9H,1-4H3/b6-5-,8-7?. The molecule has 0 aromatic heterocycles. The first-order valence-electron chi connectivity index (χ1n) is 3.38. The minimum absolute atomic E-state index is 0.242. The summed E-state index contributed by atoms with van der Waals surface area (Å²) in [7, 11) is -0.611. The third-order valence-corrected chi connectivity index (χ3v) is 2.70. The highest BCUT2D eigenvalue weighted by Crippen LogP contribution is 2.39. The summed E-state index contributed by atoms with van der Waals surface area (Å²) >= 11 is 0. The first kappa shape index (κ1) is 10.4. The van der Waals surface area contributed by atoms with Gasteiger partial charge < -0.3 is 9.88 Å². The minimum Gasteiger partial charge on any atom is -0.394 e. The Labute approximate surface area is 67.8 Å². The van der Waals surface area contributed by atoms with Crippen molar-refractivity contribution < 1.29 is 4.57 Å². The first-order chi connectivity index (χ1) is 4.89. The van der Waals surface area contributed by atoms with E-state index in [1.807, 2.05) is 0 Å². The number of hydrogen-bond acceptors (Lipinski definition) is 3. The van der Waals surface area contributed by atoms with Gasteiger partial charge in [0, 0.05) is 13.2 Å². The molecular weight excluding hydrogens is 159 g/mol. The lowest BCUT2D eigenvalue weighted by molar-refractivity contribution is 0.589. The van der Waals surface area contributed by atoms with Crippen molar-refractivity contribution in [1.82, 2.24) is 5.32 Å². The second-order valence-corrected chi connectivity index (χ2v) is 5.96. The maximum atomic E-state index is 11.3. The van der Waals surface area contributed by atoms with Crippen molar-refractivity contribution in [2.45, 2.75) is 6.92 Å². The highest BCUT2D eigenvalue weighted by molar-refractivity contribution is 7.80. The molecule has 11 heavy (non-hydrogen) atoms. The van der Waals surface area contributed by atoms with Crippen LogP contribution in [0.3, 0.4) is 0 Å². The molecule has 0 fully saturated rings. The van der Waals surface area contributed by atoms with Crippen LogP contribution in [0.5, 0.6) is 0 Å². The summed E-state index contributed by atoms with van der Waals surface area (Å²) in [5, 5.41) is 10.3. The summed E-state index contributed by atoms with van der Waals surface area (Å²) in [5.74, 6) is 0. The second kappa shape index (κ2) is 3.72. The third kappa shape index (κ3) is 3.38. The van der Waals surface area contributed by atoms with Crippen molar-refractivity contribution in [3.63, 3.8) is 0 Å². The van der Waals surface area contributed by atoms with E-state index >= 15 is 0 Å². The summed E-state index contributed by atoms with van der Waals surface area (Å²) in [6.07, 6.45) is 1.68. The molecule has 0 rings (SSSR count). The lowest BCUT2D eigenvalue weighted by Gasteiger charge is -2.08. The Morgan fingerprint density at radius 3 is 2.27 bits per heavy atom. The van der Waals surface area contributed by atoms with Crippen molar-refractivity contribution >= 4 is 12.6 Å². The Bertz CT molecular complexity index is 227. The zero-order chi connectivity index (χ0) is 9.07. The van der Waals surface area contributed by atoms with Gasteiger partial charge in [0.25, 0.3) is 0 Å². The largest absolute Gasteiger partial charge is 0.394 e. The van der Waals surface area contributed by atoms with Gasteiger partial charge in [0.15, 0.2) is 0 Å². The maximum Gasteiger partial charge on any atom is 0.126 e. The molecular formula is C7H15N2OP. The molecule has 0 amide bonds. The monoisotopic (exact) mass is 174 g/mol. The zero-order valence-electron chi connectivity index (χ0n) is 7.43. The summed E-state index contributed by atoms with van der Waals surface area (Å²) in [6, 6.07) is 0. The van der Waals surface area contributed by atoms with Crippen LogP contribution in [0.1, 0.15) is 6.92 Å². The van der Waals surface area contributed by atoms with Crippen molar-refractivity contribution in [1.29, 1.82) is 5.41 Å². The summed E-state index contributed by atoms with van der Waals surface area (Å²) < 4.78 is 11.3. The zero-order valence-corrected chi connectivity index (χ0v) is 8.33. The number of allylic oxidation sites excluding steroid dienone is 1. The predicted octanol–water partition coefficient (Wildman–Crippen LogP) is 1.71. The van der Waals surface area contributed by atoms with Crippen molar-refractivity contribution in [3.05, 3.63) is 11.8 Å². The Morgan fingerprint density at radius 1 is 1.55 bits per heavy atom. The molecule has 0 aromatic rings. The normalized spacial score (nSPS) is 12.9. The molecule has 0 saturated heterocycles. The molecule has 0 spiro atoms. The van der Waals surface area contributed by atoms with E-state index < -0.39 is 7.14 Å². The molecule has 4 heteroatoms. The molecule has 2 N–H and O–H groups in total. The van der Waals surface area contributed by atoms with Crippen LogP contribution in [0.4, 0.5) is 0 Å². The van der Waals surface area contributed by atoms with E-state index in [1.54, 1.807) is 33.5 Å². The van der Waals surface area contributed by atoms with Crippen molar-refractivity contribution in [2.75, 3.05) is 20.4 Å². The third-order valence-electron chi connectivity index (χ3n) is 1.27. The smallest absolute Gasteiger partial charge is 0.126 e. The lowest BCUT2D eigenvalue weighted by Crippen LogP contribution is -2.03. The van der Waals surface area contributed by atoms with Gasteiger partial charge >= 0.3 is 0 Å². The fourth-order valence-electron chi connectivity index (χ4n) is 0.710. The van der Waals surface area contributed by atoms with Crippen LogP contribution < -0.4 is 5.32 Å². The molecule has 0 heterocycles. The molecule has 0 saturated carbocycles. The SMILES string of the molecule is CN/C=C(/C)C(=N)P(C)(C)=O. The summed E-state index contributed by atoms with van der Waals surface area (Å²) in [4.78, 5) is 0.